The molecule has 1 fully saturated rings. The molecule has 5 N–H and O–H groups in total. The molecular weight excluding hydrogens is 393 g/mol. The van der Waals surface area contributed by atoms with Crippen molar-refractivity contribution in [3.63, 3.8) is 0 Å². The van der Waals surface area contributed by atoms with Crippen LogP contribution in [0.1, 0.15) is 16.7 Å². The van der Waals surface area contributed by atoms with E-state index in [1.165, 1.54) is 42.5 Å². The molecule has 1 heterocycles. The summed E-state index contributed by atoms with van der Waals surface area (Å²) < 4.78 is 48.7. The largest absolute Gasteiger partial charge is 0.394 e. The molecule has 1 aliphatic rings. The van der Waals surface area contributed by atoms with Crippen molar-refractivity contribution in [1.29, 1.82) is 0 Å². The Labute approximate surface area is 164 Å². The van der Waals surface area contributed by atoms with Crippen molar-refractivity contribution in [1.82, 2.24) is 0 Å². The Morgan fingerprint density at radius 1 is 1.07 bits per heavy atom. The molecule has 0 bridgehead atoms. The lowest BCUT2D eigenvalue weighted by Crippen LogP contribution is -2.55. The summed E-state index contributed by atoms with van der Waals surface area (Å²) >= 11 is 0. The smallest absolute Gasteiger partial charge is 0.328 e. The average molecular weight is 414 g/mol. The molecule has 0 spiro atoms. The lowest BCUT2D eigenvalue weighted by Gasteiger charge is -2.35. The monoisotopic (exact) mass is 414 g/mol. The minimum absolute atomic E-state index is 0.0243. The third kappa shape index (κ3) is 3.77. The van der Waals surface area contributed by atoms with Crippen LogP contribution in [0.3, 0.4) is 0 Å². The van der Waals surface area contributed by atoms with Crippen LogP contribution < -0.4 is 0 Å². The van der Waals surface area contributed by atoms with Crippen LogP contribution in [0.15, 0.2) is 48.5 Å². The fraction of sp³-hybridized carbons (Fsp3) is 0.400. The number of aliphatic hydroxyl groups is 5. The van der Waals surface area contributed by atoms with E-state index in [1.807, 2.05) is 0 Å². The quantitative estimate of drug-likeness (QED) is 0.475. The number of hydrogen-bond acceptors (Lipinski definition) is 6. The normalized spacial score (nSPS) is 28.5. The van der Waals surface area contributed by atoms with Gasteiger partial charge in [0, 0.05) is 5.56 Å². The van der Waals surface area contributed by atoms with Gasteiger partial charge >= 0.3 is 5.92 Å². The van der Waals surface area contributed by atoms with Crippen LogP contribution in [0, 0.1) is 5.82 Å². The second kappa shape index (κ2) is 8.02. The van der Waals surface area contributed by atoms with Gasteiger partial charge in [0.05, 0.1) is 6.61 Å². The molecule has 2 aromatic carbocycles. The van der Waals surface area contributed by atoms with Crippen LogP contribution in [0.2, 0.25) is 0 Å². The van der Waals surface area contributed by atoms with Crippen molar-refractivity contribution in [3.05, 3.63) is 71.0 Å². The van der Waals surface area contributed by atoms with Crippen molar-refractivity contribution in [3.8, 4) is 0 Å². The number of benzene rings is 2. The van der Waals surface area contributed by atoms with Gasteiger partial charge in [0.15, 0.2) is 0 Å². The summed E-state index contributed by atoms with van der Waals surface area (Å²) in [5, 5.41) is 49.2. The molecule has 29 heavy (non-hydrogen) atoms. The molecule has 0 aliphatic carbocycles. The molecule has 0 saturated carbocycles. The van der Waals surface area contributed by atoms with Gasteiger partial charge in [-0.25, -0.2) is 4.39 Å². The summed E-state index contributed by atoms with van der Waals surface area (Å²) in [6, 6.07) is 10.5. The number of alkyl halides is 2. The maximum absolute atomic E-state index is 15.4. The Morgan fingerprint density at radius 3 is 2.31 bits per heavy atom. The van der Waals surface area contributed by atoms with E-state index in [0.717, 1.165) is 6.07 Å². The molecule has 158 valence electrons. The predicted molar refractivity (Wildman–Crippen MR) is 94.5 cm³/mol. The summed E-state index contributed by atoms with van der Waals surface area (Å²) in [4.78, 5) is 0. The Kier molecular flexibility index (Phi) is 6.00. The first-order chi connectivity index (χ1) is 13.6. The van der Waals surface area contributed by atoms with Gasteiger partial charge in [-0.1, -0.05) is 36.4 Å². The first kappa shape index (κ1) is 21.7. The van der Waals surface area contributed by atoms with Crippen LogP contribution in [0.25, 0.3) is 0 Å². The minimum atomic E-state index is -4.20. The minimum Gasteiger partial charge on any atom is -0.394 e. The van der Waals surface area contributed by atoms with E-state index in [-0.39, 0.29) is 12.0 Å². The van der Waals surface area contributed by atoms with Gasteiger partial charge < -0.3 is 30.3 Å². The Morgan fingerprint density at radius 2 is 1.69 bits per heavy atom. The molecule has 6 nitrogen and oxygen atoms in total. The Balaban J connectivity index is 1.98. The summed E-state index contributed by atoms with van der Waals surface area (Å²) in [6.45, 7) is -0.933. The van der Waals surface area contributed by atoms with E-state index < -0.39 is 54.1 Å². The zero-order chi connectivity index (χ0) is 21.4. The molecule has 1 saturated heterocycles. The summed E-state index contributed by atoms with van der Waals surface area (Å²) in [5.74, 6) is -8.23. The Bertz CT molecular complexity index is 846. The molecule has 2 aromatic rings. The third-order valence-corrected chi connectivity index (χ3v) is 5.06. The molecular formula is C20H21F3O6. The highest BCUT2D eigenvalue weighted by Gasteiger charge is 2.68. The second-order valence-electron chi connectivity index (χ2n) is 7.00. The molecule has 2 unspecified atom stereocenters. The van der Waals surface area contributed by atoms with Crippen molar-refractivity contribution in [2.45, 2.75) is 42.5 Å². The lowest BCUT2D eigenvalue weighted by atomic mass is 9.88. The summed E-state index contributed by atoms with van der Waals surface area (Å²) in [6.07, 6.45) is -8.15. The SMILES string of the molecule is OC[C@H](O)C1OC(O)(C(F)(F)c2ccccc2Cc2ccc(F)cc2)[C@H](O)[C@H]1O. The first-order valence-corrected chi connectivity index (χ1v) is 8.87. The van der Waals surface area contributed by atoms with E-state index in [2.05, 4.69) is 0 Å². The zero-order valence-electron chi connectivity index (χ0n) is 15.1. The number of aliphatic hydroxyl groups excluding tert-OH is 4. The van der Waals surface area contributed by atoms with Crippen molar-refractivity contribution in [2.75, 3.05) is 6.61 Å². The highest BCUT2D eigenvalue weighted by Crippen LogP contribution is 2.48. The highest BCUT2D eigenvalue weighted by atomic mass is 19.3. The maximum Gasteiger partial charge on any atom is 0.328 e. The van der Waals surface area contributed by atoms with Crippen LogP contribution in [-0.2, 0) is 17.1 Å². The summed E-state index contributed by atoms with van der Waals surface area (Å²) in [5.41, 5.74) is -0.0608. The molecule has 3 rings (SSSR count). The van der Waals surface area contributed by atoms with Crippen molar-refractivity contribution < 1.29 is 43.4 Å². The van der Waals surface area contributed by atoms with Gasteiger partial charge in [-0.2, -0.15) is 8.78 Å². The molecule has 1 aliphatic heterocycles. The van der Waals surface area contributed by atoms with E-state index in [0.29, 0.717) is 5.56 Å². The van der Waals surface area contributed by atoms with Gasteiger partial charge in [-0.05, 0) is 29.7 Å². The van der Waals surface area contributed by atoms with E-state index in [4.69, 9.17) is 9.84 Å². The molecule has 0 amide bonds. The van der Waals surface area contributed by atoms with Gasteiger partial charge in [0.2, 0.25) is 0 Å². The van der Waals surface area contributed by atoms with E-state index in [9.17, 15) is 24.8 Å². The van der Waals surface area contributed by atoms with Gasteiger partial charge in [0.1, 0.15) is 30.2 Å². The maximum atomic E-state index is 15.4. The van der Waals surface area contributed by atoms with Gasteiger partial charge in [0.25, 0.3) is 5.79 Å². The summed E-state index contributed by atoms with van der Waals surface area (Å²) in [7, 11) is 0. The zero-order valence-corrected chi connectivity index (χ0v) is 15.1. The third-order valence-electron chi connectivity index (χ3n) is 5.06. The second-order valence-corrected chi connectivity index (χ2v) is 7.00. The predicted octanol–water partition coefficient (Wildman–Crippen LogP) is 0.671. The van der Waals surface area contributed by atoms with Crippen LogP contribution in [0.4, 0.5) is 13.2 Å². The highest BCUT2D eigenvalue weighted by molar-refractivity contribution is 5.37. The number of rotatable bonds is 6. The molecule has 0 radical (unpaired) electrons. The van der Waals surface area contributed by atoms with Crippen molar-refractivity contribution >= 4 is 0 Å². The Hall–Kier alpha value is -2.01. The topological polar surface area (TPSA) is 110 Å². The van der Waals surface area contributed by atoms with E-state index >= 15 is 8.78 Å². The van der Waals surface area contributed by atoms with Crippen LogP contribution in [-0.4, -0.2) is 62.3 Å². The fourth-order valence-electron chi connectivity index (χ4n) is 3.42. The number of ether oxygens (including phenoxy) is 1. The number of halogens is 3. The van der Waals surface area contributed by atoms with Gasteiger partial charge in [-0.3, -0.25) is 0 Å². The lowest BCUT2D eigenvalue weighted by molar-refractivity contribution is -0.344. The average Bonchev–Trinajstić information content (AvgIpc) is 2.95. The number of hydrogen-bond donors (Lipinski definition) is 5. The van der Waals surface area contributed by atoms with Gasteiger partial charge in [-0.15, -0.1) is 0 Å². The van der Waals surface area contributed by atoms with Crippen LogP contribution >= 0.6 is 0 Å². The van der Waals surface area contributed by atoms with E-state index in [1.54, 1.807) is 0 Å². The molecule has 9 heteroatoms. The van der Waals surface area contributed by atoms with Crippen molar-refractivity contribution in [2.24, 2.45) is 0 Å². The fourth-order valence-corrected chi connectivity index (χ4v) is 3.42. The molecule has 0 aromatic heterocycles. The molecule has 5 atom stereocenters. The standard InChI is InChI=1S/C20H21F3O6/c21-13-7-5-11(6-8-13)9-12-3-1-2-4-14(12)19(22,23)20(28)18(27)16(26)17(29-20)15(25)10-24/h1-8,15-18,24-28H,9-10H2/t15-,16-,17?,18+,20?/m0/s1. The van der Waals surface area contributed by atoms with Crippen LogP contribution in [0.5, 0.6) is 0 Å². The first-order valence-electron chi connectivity index (χ1n) is 8.87.